The normalized spacial score (nSPS) is 10.9. The molecule has 4 aromatic rings. The summed E-state index contributed by atoms with van der Waals surface area (Å²) in [7, 11) is -0.185. The molecule has 0 radical (unpaired) electrons. The molecule has 0 atom stereocenters. The van der Waals surface area contributed by atoms with Crippen LogP contribution in [0.1, 0.15) is 13.8 Å². The van der Waals surface area contributed by atoms with Crippen LogP contribution in [-0.4, -0.2) is 13.2 Å². The molecular formula is C26H25O2S2+. The van der Waals surface area contributed by atoms with Gasteiger partial charge in [-0.25, -0.2) is 0 Å². The molecule has 0 spiro atoms. The average molecular weight is 434 g/mol. The molecule has 0 aliphatic heterocycles. The highest BCUT2D eigenvalue weighted by Gasteiger charge is 2.31. The largest absolute Gasteiger partial charge is 0.494 e. The van der Waals surface area contributed by atoms with E-state index in [0.29, 0.717) is 13.2 Å². The Morgan fingerprint density at radius 1 is 0.633 bits per heavy atom. The van der Waals surface area contributed by atoms with Gasteiger partial charge in [-0.1, -0.05) is 41.7 Å². The Kier molecular flexibility index (Phi) is 6.77. The van der Waals surface area contributed by atoms with E-state index >= 15 is 0 Å². The van der Waals surface area contributed by atoms with Gasteiger partial charge < -0.3 is 9.47 Å². The van der Waals surface area contributed by atoms with Crippen molar-refractivity contribution in [3.63, 3.8) is 0 Å². The maximum Gasteiger partial charge on any atom is 0.220 e. The van der Waals surface area contributed by atoms with Crippen LogP contribution in [0.2, 0.25) is 0 Å². The maximum atomic E-state index is 5.65. The fraction of sp³-hybridized carbons (Fsp3) is 0.154. The lowest BCUT2D eigenvalue weighted by Crippen LogP contribution is -2.03. The topological polar surface area (TPSA) is 18.5 Å². The number of benzene rings is 3. The predicted octanol–water partition coefficient (Wildman–Crippen LogP) is 7.31. The van der Waals surface area contributed by atoms with Crippen molar-refractivity contribution in [2.24, 2.45) is 0 Å². The van der Waals surface area contributed by atoms with E-state index in [-0.39, 0.29) is 10.9 Å². The summed E-state index contributed by atoms with van der Waals surface area (Å²) in [5.41, 5.74) is 1.26. The van der Waals surface area contributed by atoms with Crippen molar-refractivity contribution in [3.8, 4) is 21.9 Å². The minimum Gasteiger partial charge on any atom is -0.494 e. The second-order valence-corrected chi connectivity index (χ2v) is 9.94. The Labute approximate surface area is 185 Å². The molecule has 0 aliphatic rings. The van der Waals surface area contributed by atoms with Crippen LogP contribution < -0.4 is 9.47 Å². The van der Waals surface area contributed by atoms with E-state index in [1.54, 1.807) is 0 Å². The third-order valence-corrected chi connectivity index (χ3v) is 8.29. The highest BCUT2D eigenvalue weighted by molar-refractivity contribution is 7.99. The van der Waals surface area contributed by atoms with Gasteiger partial charge in [0, 0.05) is 10.9 Å². The Balaban J connectivity index is 1.73. The molecule has 4 heteroatoms. The van der Waals surface area contributed by atoms with E-state index in [4.69, 9.17) is 9.47 Å². The quantitative estimate of drug-likeness (QED) is 0.271. The van der Waals surface area contributed by atoms with Crippen molar-refractivity contribution < 1.29 is 9.47 Å². The molecule has 152 valence electrons. The highest BCUT2D eigenvalue weighted by Crippen LogP contribution is 2.39. The summed E-state index contributed by atoms with van der Waals surface area (Å²) < 4.78 is 12.6. The van der Waals surface area contributed by atoms with E-state index in [1.807, 2.05) is 25.2 Å². The lowest BCUT2D eigenvalue weighted by molar-refractivity contribution is 0.340. The molecule has 0 aliphatic carbocycles. The van der Waals surface area contributed by atoms with Crippen molar-refractivity contribution in [2.45, 2.75) is 27.8 Å². The third kappa shape index (κ3) is 4.72. The molecule has 0 saturated heterocycles. The second-order valence-electron chi connectivity index (χ2n) is 6.60. The first-order valence-electron chi connectivity index (χ1n) is 10.1. The van der Waals surface area contributed by atoms with Gasteiger partial charge in [0.2, 0.25) is 4.21 Å². The summed E-state index contributed by atoms with van der Waals surface area (Å²) in [5, 5.41) is 0. The van der Waals surface area contributed by atoms with Gasteiger partial charge in [0.25, 0.3) is 0 Å². The van der Waals surface area contributed by atoms with Gasteiger partial charge in [0.1, 0.15) is 22.4 Å². The summed E-state index contributed by atoms with van der Waals surface area (Å²) in [4.78, 5) is 3.85. The van der Waals surface area contributed by atoms with Crippen molar-refractivity contribution >= 4 is 22.2 Å². The van der Waals surface area contributed by atoms with Gasteiger partial charge in [0.15, 0.2) is 9.79 Å². The van der Waals surface area contributed by atoms with Gasteiger partial charge in [-0.05, 0) is 74.0 Å². The highest BCUT2D eigenvalue weighted by atomic mass is 32.2. The first-order chi connectivity index (χ1) is 14.8. The molecule has 0 amide bonds. The van der Waals surface area contributed by atoms with E-state index in [2.05, 4.69) is 91.0 Å². The van der Waals surface area contributed by atoms with E-state index in [0.717, 1.165) is 11.5 Å². The van der Waals surface area contributed by atoms with Gasteiger partial charge >= 0.3 is 0 Å². The first-order valence-corrected chi connectivity index (χ1v) is 12.2. The fourth-order valence-corrected chi connectivity index (χ4v) is 6.91. The number of hydrogen-bond donors (Lipinski definition) is 0. The third-order valence-electron chi connectivity index (χ3n) is 4.58. The number of hydrogen-bond acceptors (Lipinski definition) is 3. The molecule has 30 heavy (non-hydrogen) atoms. The molecule has 4 rings (SSSR count). The Bertz CT molecular complexity index is 1000. The Morgan fingerprint density at radius 3 is 1.67 bits per heavy atom. The number of rotatable bonds is 8. The summed E-state index contributed by atoms with van der Waals surface area (Å²) in [6.07, 6.45) is 0. The molecule has 1 heterocycles. The van der Waals surface area contributed by atoms with Crippen molar-refractivity contribution in [1.82, 2.24) is 0 Å². The predicted molar refractivity (Wildman–Crippen MR) is 127 cm³/mol. The Hall–Kier alpha value is -2.69. The zero-order valence-corrected chi connectivity index (χ0v) is 18.8. The molecule has 0 bridgehead atoms. The maximum absolute atomic E-state index is 5.65. The van der Waals surface area contributed by atoms with Crippen LogP contribution in [-0.2, 0) is 10.9 Å². The second kappa shape index (κ2) is 9.88. The van der Waals surface area contributed by atoms with Crippen LogP contribution in [0.3, 0.4) is 0 Å². The van der Waals surface area contributed by atoms with Crippen LogP contribution in [0, 0.1) is 0 Å². The van der Waals surface area contributed by atoms with Crippen molar-refractivity contribution in [2.75, 3.05) is 13.2 Å². The minimum atomic E-state index is -0.185. The summed E-state index contributed by atoms with van der Waals surface area (Å²) in [6, 6.07) is 32.1. The summed E-state index contributed by atoms with van der Waals surface area (Å²) >= 11 is 1.86. The van der Waals surface area contributed by atoms with Crippen LogP contribution in [0.4, 0.5) is 0 Å². The average Bonchev–Trinajstić information content (AvgIpc) is 3.27. The fourth-order valence-electron chi connectivity index (χ4n) is 3.23. The standard InChI is InChI=1S/C26H25O2S2/c1-3-27-21-10-14-23(15-11-21)30(24-16-12-22(13-17-24)28-4-2)26-19-18-25(29-26)20-8-6-5-7-9-20/h5-19H,3-4H2,1-2H3/q+1. The van der Waals surface area contributed by atoms with Gasteiger partial charge in [-0.15, -0.1) is 0 Å². The molecule has 0 unspecified atom stereocenters. The zero-order chi connectivity index (χ0) is 20.8. The Morgan fingerprint density at radius 2 is 1.17 bits per heavy atom. The SMILES string of the molecule is CCOc1ccc([S+](c2ccc(OCC)cc2)c2ccc(-c3ccccc3)s2)cc1. The van der Waals surface area contributed by atoms with E-state index in [9.17, 15) is 0 Å². The molecule has 2 nitrogen and oxygen atoms in total. The lowest BCUT2D eigenvalue weighted by Gasteiger charge is -2.08. The monoisotopic (exact) mass is 433 g/mol. The summed E-state index contributed by atoms with van der Waals surface area (Å²) in [5.74, 6) is 1.82. The molecule has 0 saturated carbocycles. The van der Waals surface area contributed by atoms with Crippen LogP contribution in [0.15, 0.2) is 105 Å². The van der Waals surface area contributed by atoms with Crippen molar-refractivity contribution in [1.29, 1.82) is 0 Å². The molecule has 0 fully saturated rings. The van der Waals surface area contributed by atoms with Crippen LogP contribution in [0.25, 0.3) is 10.4 Å². The molecule has 0 N–H and O–H groups in total. The summed E-state index contributed by atoms with van der Waals surface area (Å²) in [6.45, 7) is 5.37. The lowest BCUT2D eigenvalue weighted by atomic mass is 10.2. The van der Waals surface area contributed by atoms with Crippen LogP contribution >= 0.6 is 11.3 Å². The minimum absolute atomic E-state index is 0.185. The van der Waals surface area contributed by atoms with Gasteiger partial charge in [0.05, 0.1) is 13.2 Å². The molecular weight excluding hydrogens is 408 g/mol. The molecule has 3 aromatic carbocycles. The van der Waals surface area contributed by atoms with E-state index in [1.165, 1.54) is 24.4 Å². The van der Waals surface area contributed by atoms with Crippen LogP contribution in [0.5, 0.6) is 11.5 Å². The van der Waals surface area contributed by atoms with Gasteiger partial charge in [-0.3, -0.25) is 0 Å². The van der Waals surface area contributed by atoms with Crippen molar-refractivity contribution in [3.05, 3.63) is 91.0 Å². The zero-order valence-electron chi connectivity index (χ0n) is 17.2. The molecule has 1 aromatic heterocycles. The number of ether oxygens (including phenoxy) is 2. The smallest absolute Gasteiger partial charge is 0.220 e. The first kappa shape index (κ1) is 20.6. The van der Waals surface area contributed by atoms with E-state index < -0.39 is 0 Å². The van der Waals surface area contributed by atoms with Gasteiger partial charge in [-0.2, -0.15) is 0 Å². The number of thiophene rings is 1.